The zero-order chi connectivity index (χ0) is 21.3. The molecule has 0 radical (unpaired) electrons. The number of nitrogens with zero attached hydrogens (tertiary/aromatic N) is 1. The maximum atomic E-state index is 13.2. The molecule has 1 fully saturated rings. The Labute approximate surface area is 178 Å². The smallest absolute Gasteiger partial charge is 0.270 e. The summed E-state index contributed by atoms with van der Waals surface area (Å²) >= 11 is 5.25. The highest BCUT2D eigenvalue weighted by molar-refractivity contribution is 7.80. The van der Waals surface area contributed by atoms with Gasteiger partial charge in [0, 0.05) is 17.7 Å². The van der Waals surface area contributed by atoms with Crippen molar-refractivity contribution in [2.45, 2.75) is 6.92 Å². The predicted molar refractivity (Wildman–Crippen MR) is 113 cm³/mol. The lowest BCUT2D eigenvalue weighted by Gasteiger charge is -2.29. The van der Waals surface area contributed by atoms with Crippen LogP contribution in [0.4, 0.5) is 5.69 Å². The average Bonchev–Trinajstić information content (AvgIpc) is 3.18. The van der Waals surface area contributed by atoms with E-state index in [0.717, 1.165) is 0 Å². The van der Waals surface area contributed by atoms with Crippen LogP contribution in [-0.4, -0.2) is 37.4 Å². The quantitative estimate of drug-likeness (QED) is 0.447. The minimum Gasteiger partial charge on any atom is -0.496 e. The van der Waals surface area contributed by atoms with Gasteiger partial charge in [-0.05, 0) is 43.4 Å². The van der Waals surface area contributed by atoms with E-state index in [4.69, 9.17) is 31.2 Å². The number of benzene rings is 2. The van der Waals surface area contributed by atoms with E-state index in [9.17, 15) is 9.59 Å². The maximum absolute atomic E-state index is 13.2. The molecule has 2 aliphatic rings. The van der Waals surface area contributed by atoms with Crippen LogP contribution in [0.5, 0.6) is 23.0 Å². The topological polar surface area (TPSA) is 86.3 Å². The molecule has 1 saturated heterocycles. The second kappa shape index (κ2) is 8.03. The van der Waals surface area contributed by atoms with Crippen LogP contribution in [0.2, 0.25) is 0 Å². The molecule has 0 aliphatic carbocycles. The van der Waals surface area contributed by atoms with Gasteiger partial charge in [0.25, 0.3) is 11.8 Å². The fourth-order valence-corrected chi connectivity index (χ4v) is 3.44. The van der Waals surface area contributed by atoms with Gasteiger partial charge >= 0.3 is 0 Å². The number of carbonyl (C=O) groups is 2. The van der Waals surface area contributed by atoms with E-state index in [-0.39, 0.29) is 17.5 Å². The fraction of sp³-hybridized carbons (Fsp3) is 0.190. The zero-order valence-electron chi connectivity index (χ0n) is 16.3. The van der Waals surface area contributed by atoms with Gasteiger partial charge in [-0.1, -0.05) is 6.07 Å². The minimum atomic E-state index is -0.595. The Bertz CT molecular complexity index is 1080. The second-order valence-electron chi connectivity index (χ2n) is 6.34. The number of methoxy groups -OCH3 is 1. The van der Waals surface area contributed by atoms with Gasteiger partial charge in [0.15, 0.2) is 16.6 Å². The molecule has 0 bridgehead atoms. The third-order valence-corrected chi connectivity index (χ3v) is 4.80. The Morgan fingerprint density at radius 2 is 1.97 bits per heavy atom. The van der Waals surface area contributed by atoms with Crippen molar-refractivity contribution in [1.82, 2.24) is 5.32 Å². The summed E-state index contributed by atoms with van der Waals surface area (Å²) in [5.74, 6) is 0.905. The van der Waals surface area contributed by atoms with Crippen molar-refractivity contribution in [3.05, 3.63) is 47.5 Å². The summed E-state index contributed by atoms with van der Waals surface area (Å²) in [5.41, 5.74) is 0.887. The highest BCUT2D eigenvalue weighted by Crippen LogP contribution is 2.39. The molecule has 4 rings (SSSR count). The number of ether oxygens (including phenoxy) is 4. The van der Waals surface area contributed by atoms with Gasteiger partial charge in [-0.2, -0.15) is 0 Å². The first kappa shape index (κ1) is 19.7. The van der Waals surface area contributed by atoms with Crippen LogP contribution in [0.1, 0.15) is 12.5 Å². The SMILES string of the molecule is CCOc1cccc(N2C(=O)/C(=C\c3cc4c(cc3OC)OCO4)C(=O)NC2=S)c1. The zero-order valence-corrected chi connectivity index (χ0v) is 17.1. The van der Waals surface area contributed by atoms with Crippen LogP contribution in [0, 0.1) is 0 Å². The van der Waals surface area contributed by atoms with E-state index < -0.39 is 11.8 Å². The lowest BCUT2D eigenvalue weighted by Crippen LogP contribution is -2.54. The Morgan fingerprint density at radius 3 is 2.70 bits per heavy atom. The molecule has 2 amide bonds. The van der Waals surface area contributed by atoms with Gasteiger partial charge < -0.3 is 18.9 Å². The van der Waals surface area contributed by atoms with Gasteiger partial charge in [0.1, 0.15) is 17.1 Å². The van der Waals surface area contributed by atoms with E-state index in [1.165, 1.54) is 18.1 Å². The summed E-state index contributed by atoms with van der Waals surface area (Å²) in [6, 6.07) is 10.2. The predicted octanol–water partition coefficient (Wildman–Crippen LogP) is 2.65. The lowest BCUT2D eigenvalue weighted by atomic mass is 10.1. The number of nitrogens with one attached hydrogen (secondary N) is 1. The highest BCUT2D eigenvalue weighted by Gasteiger charge is 2.35. The van der Waals surface area contributed by atoms with Crippen LogP contribution in [0.15, 0.2) is 42.0 Å². The van der Waals surface area contributed by atoms with Gasteiger partial charge in [-0.3, -0.25) is 19.8 Å². The van der Waals surface area contributed by atoms with Gasteiger partial charge in [0.05, 0.1) is 19.4 Å². The molecular formula is C21H18N2O6S. The lowest BCUT2D eigenvalue weighted by molar-refractivity contribution is -0.122. The summed E-state index contributed by atoms with van der Waals surface area (Å²) in [5, 5.41) is 2.56. The molecule has 2 aromatic carbocycles. The molecular weight excluding hydrogens is 408 g/mol. The molecule has 2 aromatic rings. The van der Waals surface area contributed by atoms with Crippen LogP contribution < -0.4 is 29.2 Å². The molecule has 0 saturated carbocycles. The molecule has 8 nitrogen and oxygen atoms in total. The normalized spacial score (nSPS) is 16.7. The van der Waals surface area contributed by atoms with E-state index in [0.29, 0.717) is 40.9 Å². The van der Waals surface area contributed by atoms with Crippen LogP contribution >= 0.6 is 12.2 Å². The van der Waals surface area contributed by atoms with Crippen molar-refractivity contribution >= 4 is 40.9 Å². The van der Waals surface area contributed by atoms with Crippen molar-refractivity contribution in [1.29, 1.82) is 0 Å². The van der Waals surface area contributed by atoms with Crippen molar-refractivity contribution in [2.24, 2.45) is 0 Å². The molecule has 2 aliphatic heterocycles. The van der Waals surface area contributed by atoms with E-state index in [1.54, 1.807) is 36.4 Å². The van der Waals surface area contributed by atoms with Gasteiger partial charge in [0.2, 0.25) is 6.79 Å². The summed E-state index contributed by atoms with van der Waals surface area (Å²) in [6.45, 7) is 2.44. The summed E-state index contributed by atoms with van der Waals surface area (Å²) in [7, 11) is 1.49. The van der Waals surface area contributed by atoms with E-state index >= 15 is 0 Å². The third kappa shape index (κ3) is 3.55. The Kier molecular flexibility index (Phi) is 5.28. The van der Waals surface area contributed by atoms with Crippen LogP contribution in [-0.2, 0) is 9.59 Å². The number of fused-ring (bicyclic) bond motifs is 1. The van der Waals surface area contributed by atoms with Crippen molar-refractivity contribution < 1.29 is 28.5 Å². The van der Waals surface area contributed by atoms with Gasteiger partial charge in [-0.15, -0.1) is 0 Å². The van der Waals surface area contributed by atoms with E-state index in [2.05, 4.69) is 5.32 Å². The Balaban J connectivity index is 1.74. The number of hydrogen-bond donors (Lipinski definition) is 1. The summed E-state index contributed by atoms with van der Waals surface area (Å²) in [4.78, 5) is 27.0. The first-order valence-electron chi connectivity index (χ1n) is 9.13. The van der Waals surface area contributed by atoms with Gasteiger partial charge in [-0.25, -0.2) is 0 Å². The molecule has 0 aromatic heterocycles. The maximum Gasteiger partial charge on any atom is 0.270 e. The molecule has 2 heterocycles. The van der Waals surface area contributed by atoms with E-state index in [1.807, 2.05) is 6.92 Å². The number of hydrogen-bond acceptors (Lipinski definition) is 7. The monoisotopic (exact) mass is 426 g/mol. The third-order valence-electron chi connectivity index (χ3n) is 4.51. The molecule has 0 unspecified atom stereocenters. The number of anilines is 1. The molecule has 1 N–H and O–H groups in total. The van der Waals surface area contributed by atoms with Crippen molar-refractivity contribution in [3.63, 3.8) is 0 Å². The molecule has 0 spiro atoms. The van der Waals surface area contributed by atoms with Crippen LogP contribution in [0.25, 0.3) is 6.08 Å². The second-order valence-corrected chi connectivity index (χ2v) is 6.72. The first-order valence-corrected chi connectivity index (χ1v) is 9.54. The number of rotatable bonds is 5. The number of thiocarbonyl (C=S) groups is 1. The highest BCUT2D eigenvalue weighted by atomic mass is 32.1. The van der Waals surface area contributed by atoms with Crippen molar-refractivity contribution in [3.8, 4) is 23.0 Å². The standard InChI is InChI=1S/C21H18N2O6S/c1-3-27-14-6-4-5-13(9-14)23-20(25)15(19(24)22-21(23)30)7-12-8-17-18(29-11-28-17)10-16(12)26-2/h4-10H,3,11H2,1-2H3,(H,22,24,30)/b15-7-. The van der Waals surface area contributed by atoms with Crippen molar-refractivity contribution in [2.75, 3.05) is 25.4 Å². The number of carbonyl (C=O) groups excluding carboxylic acids is 2. The molecule has 0 atom stereocenters. The minimum absolute atomic E-state index is 0.00606. The molecule has 154 valence electrons. The summed E-state index contributed by atoms with van der Waals surface area (Å²) in [6.07, 6.45) is 1.44. The molecule has 30 heavy (non-hydrogen) atoms. The Morgan fingerprint density at radius 1 is 1.20 bits per heavy atom. The largest absolute Gasteiger partial charge is 0.496 e. The summed E-state index contributed by atoms with van der Waals surface area (Å²) < 4.78 is 21.6. The fourth-order valence-electron chi connectivity index (χ4n) is 3.16. The molecule has 9 heteroatoms. The Hall–Kier alpha value is -3.59. The average molecular weight is 426 g/mol. The first-order chi connectivity index (χ1) is 14.5. The van der Waals surface area contributed by atoms with Crippen LogP contribution in [0.3, 0.4) is 0 Å². The number of amides is 2.